The molecule has 0 aliphatic carbocycles. The summed E-state index contributed by atoms with van der Waals surface area (Å²) in [6.45, 7) is 4.18. The summed E-state index contributed by atoms with van der Waals surface area (Å²) in [5.74, 6) is 0.325. The molecule has 140 valence electrons. The third-order valence-electron chi connectivity index (χ3n) is 4.58. The Kier molecular flexibility index (Phi) is 5.52. The van der Waals surface area contributed by atoms with Crippen molar-refractivity contribution in [3.8, 4) is 5.69 Å². The highest BCUT2D eigenvalue weighted by Crippen LogP contribution is 2.23. The van der Waals surface area contributed by atoms with Crippen molar-refractivity contribution in [3.63, 3.8) is 0 Å². The summed E-state index contributed by atoms with van der Waals surface area (Å²) in [5.41, 5.74) is 0.609. The fourth-order valence-electron chi connectivity index (χ4n) is 3.15. The highest BCUT2D eigenvalue weighted by Gasteiger charge is 2.16. The van der Waals surface area contributed by atoms with Crippen molar-refractivity contribution in [2.24, 2.45) is 0 Å². The van der Waals surface area contributed by atoms with Crippen LogP contribution >= 0.6 is 11.8 Å². The van der Waals surface area contributed by atoms with E-state index in [2.05, 4.69) is 9.88 Å². The lowest BCUT2D eigenvalue weighted by Crippen LogP contribution is -2.37. The standard InChI is InChI=1S/C20H20FN3O2S/c21-16-6-2-4-8-18(16)24-19(25)15-5-1-3-7-17(15)22-20(24)27-14-11-23-9-12-26-13-10-23/h1-8H,9-14H2. The number of hydrogen-bond acceptors (Lipinski definition) is 5. The molecule has 2 aromatic carbocycles. The van der Waals surface area contributed by atoms with Crippen LogP contribution in [-0.4, -0.2) is 53.1 Å². The number of fused-ring (bicyclic) bond motifs is 1. The first-order valence-electron chi connectivity index (χ1n) is 8.93. The minimum atomic E-state index is -0.438. The van der Waals surface area contributed by atoms with Crippen LogP contribution in [0.1, 0.15) is 0 Å². The quantitative estimate of drug-likeness (QED) is 0.499. The molecule has 0 bridgehead atoms. The minimum absolute atomic E-state index is 0.231. The zero-order chi connectivity index (χ0) is 18.6. The fraction of sp³-hybridized carbons (Fsp3) is 0.300. The van der Waals surface area contributed by atoms with Crippen molar-refractivity contribution in [2.45, 2.75) is 5.16 Å². The van der Waals surface area contributed by atoms with Gasteiger partial charge in [-0.2, -0.15) is 0 Å². The molecule has 1 aliphatic rings. The van der Waals surface area contributed by atoms with E-state index in [0.29, 0.717) is 16.1 Å². The van der Waals surface area contributed by atoms with E-state index in [0.717, 1.165) is 38.6 Å². The van der Waals surface area contributed by atoms with Gasteiger partial charge in [0.05, 0.1) is 29.8 Å². The summed E-state index contributed by atoms with van der Waals surface area (Å²) in [6.07, 6.45) is 0. The number of benzene rings is 2. The normalized spacial score (nSPS) is 15.3. The molecule has 1 aromatic heterocycles. The number of aromatic nitrogens is 2. The number of para-hydroxylation sites is 2. The van der Waals surface area contributed by atoms with E-state index >= 15 is 0 Å². The van der Waals surface area contributed by atoms with Crippen LogP contribution in [0.25, 0.3) is 16.6 Å². The lowest BCUT2D eigenvalue weighted by Gasteiger charge is -2.26. The van der Waals surface area contributed by atoms with Crippen molar-refractivity contribution in [2.75, 3.05) is 38.6 Å². The van der Waals surface area contributed by atoms with E-state index in [1.807, 2.05) is 12.1 Å². The molecular weight excluding hydrogens is 365 g/mol. The predicted octanol–water partition coefficient (Wildman–Crippen LogP) is 2.95. The molecule has 0 atom stereocenters. The number of thioether (sulfide) groups is 1. The number of halogens is 1. The molecule has 1 saturated heterocycles. The molecule has 0 unspecified atom stereocenters. The Labute approximate surface area is 160 Å². The van der Waals surface area contributed by atoms with E-state index in [4.69, 9.17) is 4.74 Å². The second kappa shape index (κ2) is 8.21. The summed E-state index contributed by atoms with van der Waals surface area (Å²) < 4.78 is 21.2. The van der Waals surface area contributed by atoms with Crippen molar-refractivity contribution in [1.82, 2.24) is 14.5 Å². The third-order valence-corrected chi connectivity index (χ3v) is 5.50. The molecule has 0 saturated carbocycles. The minimum Gasteiger partial charge on any atom is -0.379 e. The SMILES string of the molecule is O=c1c2ccccc2nc(SCCN2CCOCC2)n1-c1ccccc1F. The zero-order valence-electron chi connectivity index (χ0n) is 14.8. The Morgan fingerprint density at radius 2 is 1.81 bits per heavy atom. The van der Waals surface area contributed by atoms with Crippen molar-refractivity contribution in [3.05, 3.63) is 64.7 Å². The average molecular weight is 385 g/mol. The average Bonchev–Trinajstić information content (AvgIpc) is 2.70. The van der Waals surface area contributed by atoms with Gasteiger partial charge in [0.15, 0.2) is 5.16 Å². The first kappa shape index (κ1) is 18.2. The molecule has 27 heavy (non-hydrogen) atoms. The Bertz CT molecular complexity index is 1000. The maximum absolute atomic E-state index is 14.4. The van der Waals surface area contributed by atoms with Crippen molar-refractivity contribution in [1.29, 1.82) is 0 Å². The molecule has 0 radical (unpaired) electrons. The van der Waals surface area contributed by atoms with Crippen LogP contribution < -0.4 is 5.56 Å². The monoisotopic (exact) mass is 385 g/mol. The molecule has 4 rings (SSSR count). The smallest absolute Gasteiger partial charge is 0.266 e. The van der Waals surface area contributed by atoms with Gasteiger partial charge in [0.25, 0.3) is 5.56 Å². The van der Waals surface area contributed by atoms with E-state index < -0.39 is 5.82 Å². The van der Waals surface area contributed by atoms with Crippen LogP contribution in [0, 0.1) is 5.82 Å². The van der Waals surface area contributed by atoms with Crippen LogP contribution in [0.4, 0.5) is 4.39 Å². The van der Waals surface area contributed by atoms with Crippen LogP contribution in [0.2, 0.25) is 0 Å². The molecular formula is C20H20FN3O2S. The lowest BCUT2D eigenvalue weighted by molar-refractivity contribution is 0.0410. The van der Waals surface area contributed by atoms with Crippen LogP contribution in [0.5, 0.6) is 0 Å². The van der Waals surface area contributed by atoms with Crippen LogP contribution in [0.15, 0.2) is 58.5 Å². The summed E-state index contributed by atoms with van der Waals surface area (Å²) in [5, 5.41) is 0.996. The summed E-state index contributed by atoms with van der Waals surface area (Å²) in [6, 6.07) is 13.5. The number of ether oxygens (including phenoxy) is 1. The highest BCUT2D eigenvalue weighted by molar-refractivity contribution is 7.99. The van der Waals surface area contributed by atoms with Crippen LogP contribution in [0.3, 0.4) is 0 Å². The van der Waals surface area contributed by atoms with Gasteiger partial charge in [0.1, 0.15) is 5.82 Å². The molecule has 7 heteroatoms. The van der Waals surface area contributed by atoms with Gasteiger partial charge in [-0.25, -0.2) is 9.37 Å². The molecule has 0 spiro atoms. The molecule has 3 aromatic rings. The molecule has 0 N–H and O–H groups in total. The molecule has 0 amide bonds. The van der Waals surface area contributed by atoms with E-state index in [-0.39, 0.29) is 11.2 Å². The van der Waals surface area contributed by atoms with Gasteiger partial charge in [-0.3, -0.25) is 14.3 Å². The maximum Gasteiger partial charge on any atom is 0.266 e. The molecule has 1 aliphatic heterocycles. The van der Waals surface area contributed by atoms with Gasteiger partial charge in [-0.1, -0.05) is 36.0 Å². The Morgan fingerprint density at radius 1 is 1.07 bits per heavy atom. The fourth-order valence-corrected chi connectivity index (χ4v) is 4.15. The first-order chi connectivity index (χ1) is 13.2. The number of hydrogen-bond donors (Lipinski definition) is 0. The second-order valence-electron chi connectivity index (χ2n) is 6.31. The molecule has 1 fully saturated rings. The molecule has 2 heterocycles. The highest BCUT2D eigenvalue weighted by atomic mass is 32.2. The first-order valence-corrected chi connectivity index (χ1v) is 9.92. The maximum atomic E-state index is 14.4. The van der Waals surface area contributed by atoms with Crippen LogP contribution in [-0.2, 0) is 4.74 Å². The summed E-state index contributed by atoms with van der Waals surface area (Å²) >= 11 is 1.48. The largest absolute Gasteiger partial charge is 0.379 e. The number of nitrogens with zero attached hydrogens (tertiary/aromatic N) is 3. The van der Waals surface area contributed by atoms with Gasteiger partial charge in [0.2, 0.25) is 0 Å². The second-order valence-corrected chi connectivity index (χ2v) is 7.37. The van der Waals surface area contributed by atoms with E-state index in [1.54, 1.807) is 30.3 Å². The Morgan fingerprint density at radius 3 is 2.63 bits per heavy atom. The van der Waals surface area contributed by atoms with Gasteiger partial charge < -0.3 is 4.74 Å². The van der Waals surface area contributed by atoms with Gasteiger partial charge >= 0.3 is 0 Å². The van der Waals surface area contributed by atoms with Gasteiger partial charge in [-0.15, -0.1) is 0 Å². The molecule has 5 nitrogen and oxygen atoms in total. The van der Waals surface area contributed by atoms with Gasteiger partial charge in [-0.05, 0) is 24.3 Å². The third kappa shape index (κ3) is 3.90. The number of morpholine rings is 1. The van der Waals surface area contributed by atoms with Gasteiger partial charge in [0, 0.05) is 25.4 Å². The Balaban J connectivity index is 1.70. The van der Waals surface area contributed by atoms with Crippen molar-refractivity contribution < 1.29 is 9.13 Å². The summed E-state index contributed by atoms with van der Waals surface area (Å²) in [7, 11) is 0. The number of rotatable bonds is 5. The van der Waals surface area contributed by atoms with E-state index in [1.165, 1.54) is 22.4 Å². The summed E-state index contributed by atoms with van der Waals surface area (Å²) in [4.78, 5) is 20.1. The topological polar surface area (TPSA) is 47.4 Å². The van der Waals surface area contributed by atoms with E-state index in [9.17, 15) is 9.18 Å². The lowest BCUT2D eigenvalue weighted by atomic mass is 10.2. The predicted molar refractivity (Wildman–Crippen MR) is 105 cm³/mol. The zero-order valence-corrected chi connectivity index (χ0v) is 15.6. The Hall–Kier alpha value is -2.22. The van der Waals surface area contributed by atoms with Crippen molar-refractivity contribution >= 4 is 22.7 Å².